The van der Waals surface area contributed by atoms with E-state index in [4.69, 9.17) is 13.9 Å². The number of hydrogen-bond acceptors (Lipinski definition) is 5. The van der Waals surface area contributed by atoms with Crippen molar-refractivity contribution in [1.82, 2.24) is 0 Å². The zero-order valence-electron chi connectivity index (χ0n) is 16.7. The number of phenols is 1. The van der Waals surface area contributed by atoms with Crippen LogP contribution in [-0.4, -0.2) is 26.4 Å². The zero-order valence-corrected chi connectivity index (χ0v) is 16.7. The molecule has 1 aromatic heterocycles. The summed E-state index contributed by atoms with van der Waals surface area (Å²) in [5.41, 5.74) is 2.84. The summed E-state index contributed by atoms with van der Waals surface area (Å²) in [4.78, 5) is 13.2. The summed E-state index contributed by atoms with van der Waals surface area (Å²) in [5, 5.41) is 10.9. The van der Waals surface area contributed by atoms with Gasteiger partial charge in [-0.15, -0.1) is 0 Å². The molecule has 0 bridgehead atoms. The molecule has 0 aliphatic rings. The maximum absolute atomic E-state index is 12.0. The molecule has 6 nitrogen and oxygen atoms in total. The minimum Gasteiger partial charge on any atom is -0.508 e. The maximum atomic E-state index is 12.0. The fraction of sp³-hybridized carbons (Fsp3) is 0.318. The summed E-state index contributed by atoms with van der Waals surface area (Å²) < 4.78 is 15.9. The van der Waals surface area contributed by atoms with Gasteiger partial charge in [0.1, 0.15) is 24.4 Å². The molecule has 0 saturated carbocycles. The van der Waals surface area contributed by atoms with Crippen LogP contribution < -0.4 is 20.0 Å². The van der Waals surface area contributed by atoms with Gasteiger partial charge in [0.15, 0.2) is 11.5 Å². The van der Waals surface area contributed by atoms with Gasteiger partial charge in [0.05, 0.1) is 21.3 Å². The minimum absolute atomic E-state index is 0.154. The summed E-state index contributed by atoms with van der Waals surface area (Å²) in [7, 11) is 5.30. The van der Waals surface area contributed by atoms with Crippen molar-refractivity contribution >= 4 is 11.0 Å². The molecule has 0 radical (unpaired) electrons. The number of methoxy groups -OCH3 is 2. The SMILES string of the molecule is CCc1cc2c(C[NH+](C)Cc3ccc(OC)c(OC)c3)cc(=O)oc2cc1O. The van der Waals surface area contributed by atoms with Crippen LogP contribution >= 0.6 is 0 Å². The van der Waals surface area contributed by atoms with E-state index in [1.807, 2.05) is 31.2 Å². The van der Waals surface area contributed by atoms with E-state index < -0.39 is 5.63 Å². The third-order valence-electron chi connectivity index (χ3n) is 4.86. The number of aryl methyl sites for hydroxylation is 1. The first-order valence-corrected chi connectivity index (χ1v) is 9.26. The molecule has 2 N–H and O–H groups in total. The van der Waals surface area contributed by atoms with Gasteiger partial charge < -0.3 is 23.9 Å². The number of quaternary nitrogens is 1. The van der Waals surface area contributed by atoms with Gasteiger partial charge in [0, 0.05) is 28.6 Å². The van der Waals surface area contributed by atoms with Crippen molar-refractivity contribution in [3.05, 3.63) is 63.5 Å². The Morgan fingerprint density at radius 1 is 1.00 bits per heavy atom. The van der Waals surface area contributed by atoms with Crippen LogP contribution in [0.4, 0.5) is 0 Å². The standard InChI is InChI=1S/C22H25NO5/c1-5-15-9-17-16(10-22(25)28-20(17)11-18(15)24)13-23(2)12-14-6-7-19(26-3)21(8-14)27-4/h6-11,24H,5,12-13H2,1-4H3/p+1. The molecular weight excluding hydrogens is 358 g/mol. The number of aromatic hydroxyl groups is 1. The van der Waals surface area contributed by atoms with Gasteiger partial charge in [0.2, 0.25) is 0 Å². The minimum atomic E-state index is -0.412. The van der Waals surface area contributed by atoms with E-state index in [1.54, 1.807) is 14.2 Å². The zero-order chi connectivity index (χ0) is 20.3. The highest BCUT2D eigenvalue weighted by molar-refractivity contribution is 5.82. The Morgan fingerprint density at radius 2 is 1.75 bits per heavy atom. The predicted octanol–water partition coefficient (Wildman–Crippen LogP) is 2.29. The van der Waals surface area contributed by atoms with Crippen molar-refractivity contribution in [1.29, 1.82) is 0 Å². The smallest absolute Gasteiger partial charge is 0.336 e. The third-order valence-corrected chi connectivity index (χ3v) is 4.86. The summed E-state index contributed by atoms with van der Waals surface area (Å²) in [6.45, 7) is 3.37. The Labute approximate surface area is 163 Å². The predicted molar refractivity (Wildman–Crippen MR) is 107 cm³/mol. The lowest BCUT2D eigenvalue weighted by Gasteiger charge is -2.16. The fourth-order valence-corrected chi connectivity index (χ4v) is 3.46. The van der Waals surface area contributed by atoms with E-state index in [9.17, 15) is 9.90 Å². The molecule has 1 unspecified atom stereocenters. The first-order chi connectivity index (χ1) is 13.4. The van der Waals surface area contributed by atoms with Crippen LogP contribution in [0.25, 0.3) is 11.0 Å². The van der Waals surface area contributed by atoms with Crippen LogP contribution in [0.1, 0.15) is 23.6 Å². The van der Waals surface area contributed by atoms with Crippen molar-refractivity contribution in [2.75, 3.05) is 21.3 Å². The molecule has 0 fully saturated rings. The van der Waals surface area contributed by atoms with Crippen molar-refractivity contribution in [3.8, 4) is 17.2 Å². The topological polar surface area (TPSA) is 73.3 Å². The average molecular weight is 384 g/mol. The summed E-state index contributed by atoms with van der Waals surface area (Å²) in [6.07, 6.45) is 0.703. The molecule has 1 atom stereocenters. The van der Waals surface area contributed by atoms with Gasteiger partial charge in [-0.2, -0.15) is 0 Å². The molecular formula is C22H26NO5+. The van der Waals surface area contributed by atoms with Gasteiger partial charge in [-0.3, -0.25) is 0 Å². The van der Waals surface area contributed by atoms with Crippen molar-refractivity contribution in [2.45, 2.75) is 26.4 Å². The molecule has 6 heteroatoms. The second kappa shape index (κ2) is 8.35. The number of benzene rings is 2. The van der Waals surface area contributed by atoms with E-state index in [2.05, 4.69) is 7.05 Å². The number of nitrogens with one attached hydrogen (secondary N) is 1. The Hall–Kier alpha value is -2.99. The molecule has 0 aliphatic heterocycles. The normalized spacial score (nSPS) is 12.1. The van der Waals surface area contributed by atoms with Gasteiger partial charge >= 0.3 is 5.63 Å². The lowest BCUT2D eigenvalue weighted by molar-refractivity contribution is -0.907. The molecule has 3 rings (SSSR count). The van der Waals surface area contributed by atoms with Gasteiger partial charge in [0.25, 0.3) is 0 Å². The van der Waals surface area contributed by atoms with Crippen LogP contribution in [0.2, 0.25) is 0 Å². The summed E-state index contributed by atoms with van der Waals surface area (Å²) in [6, 6.07) is 10.8. The molecule has 28 heavy (non-hydrogen) atoms. The fourth-order valence-electron chi connectivity index (χ4n) is 3.46. The summed E-state index contributed by atoms with van der Waals surface area (Å²) in [5.74, 6) is 1.55. The molecule has 148 valence electrons. The van der Waals surface area contributed by atoms with E-state index in [-0.39, 0.29) is 5.75 Å². The molecule has 0 saturated heterocycles. The number of hydrogen-bond donors (Lipinski definition) is 2. The maximum Gasteiger partial charge on any atom is 0.336 e. The Bertz CT molecular complexity index is 1040. The van der Waals surface area contributed by atoms with Crippen molar-refractivity contribution in [2.24, 2.45) is 0 Å². The van der Waals surface area contributed by atoms with Crippen LogP contribution in [0, 0.1) is 0 Å². The number of ether oxygens (including phenoxy) is 2. The largest absolute Gasteiger partial charge is 0.508 e. The summed E-state index contributed by atoms with van der Waals surface area (Å²) >= 11 is 0. The van der Waals surface area contributed by atoms with Crippen LogP contribution in [-0.2, 0) is 19.5 Å². The average Bonchev–Trinajstić information content (AvgIpc) is 2.67. The Morgan fingerprint density at radius 3 is 2.43 bits per heavy atom. The lowest BCUT2D eigenvalue weighted by Crippen LogP contribution is -3.06. The van der Waals surface area contributed by atoms with E-state index in [0.717, 1.165) is 28.6 Å². The highest BCUT2D eigenvalue weighted by Gasteiger charge is 2.14. The van der Waals surface area contributed by atoms with Crippen LogP contribution in [0.15, 0.2) is 45.6 Å². The monoisotopic (exact) mass is 384 g/mol. The Kier molecular flexibility index (Phi) is 5.90. The first-order valence-electron chi connectivity index (χ1n) is 9.26. The van der Waals surface area contributed by atoms with Gasteiger partial charge in [-0.25, -0.2) is 4.79 Å². The first kappa shape index (κ1) is 19.8. The molecule has 0 spiro atoms. The van der Waals surface area contributed by atoms with Crippen molar-refractivity contribution < 1.29 is 23.9 Å². The van der Waals surface area contributed by atoms with E-state index in [0.29, 0.717) is 30.0 Å². The third kappa shape index (κ3) is 4.12. The quantitative estimate of drug-likeness (QED) is 0.612. The lowest BCUT2D eigenvalue weighted by atomic mass is 10.0. The van der Waals surface area contributed by atoms with Crippen molar-refractivity contribution in [3.63, 3.8) is 0 Å². The second-order valence-electron chi connectivity index (χ2n) is 6.92. The highest BCUT2D eigenvalue weighted by Crippen LogP contribution is 2.28. The molecule has 0 aliphatic carbocycles. The molecule has 2 aromatic carbocycles. The Balaban J connectivity index is 1.88. The van der Waals surface area contributed by atoms with E-state index in [1.165, 1.54) is 17.0 Å². The van der Waals surface area contributed by atoms with Gasteiger partial charge in [-0.05, 0) is 36.2 Å². The van der Waals surface area contributed by atoms with E-state index >= 15 is 0 Å². The molecule has 0 amide bonds. The van der Waals surface area contributed by atoms with Gasteiger partial charge in [-0.1, -0.05) is 6.92 Å². The van der Waals surface area contributed by atoms with Crippen LogP contribution in [0.5, 0.6) is 17.2 Å². The molecule has 1 heterocycles. The molecule has 3 aromatic rings. The highest BCUT2D eigenvalue weighted by atomic mass is 16.5. The number of phenolic OH excluding ortho intramolecular Hbond substituents is 1. The number of fused-ring (bicyclic) bond motifs is 1. The van der Waals surface area contributed by atoms with Crippen LogP contribution in [0.3, 0.4) is 0 Å². The number of rotatable bonds is 7. The second-order valence-corrected chi connectivity index (χ2v) is 6.92.